The van der Waals surface area contributed by atoms with E-state index in [1.807, 2.05) is 24.3 Å². The Hall–Kier alpha value is -1.55. The van der Waals surface area contributed by atoms with Crippen LogP contribution in [0.3, 0.4) is 0 Å². The maximum Gasteiger partial charge on any atom is 0.310 e. The van der Waals surface area contributed by atoms with Gasteiger partial charge in [-0.3, -0.25) is 4.79 Å². The highest BCUT2D eigenvalue weighted by molar-refractivity contribution is 5.74. The number of esters is 1. The minimum absolute atomic E-state index is 0.105. The molecule has 0 radical (unpaired) electrons. The first-order chi connectivity index (χ1) is 8.26. The second-order valence-electron chi connectivity index (χ2n) is 4.17. The van der Waals surface area contributed by atoms with Crippen molar-refractivity contribution < 1.29 is 14.3 Å². The molecule has 0 unspecified atom stereocenters. The molecular weight excluding hydrogens is 218 g/mol. The van der Waals surface area contributed by atoms with Crippen molar-refractivity contribution in [2.24, 2.45) is 5.92 Å². The second-order valence-corrected chi connectivity index (χ2v) is 4.17. The first kappa shape index (κ1) is 11.9. The van der Waals surface area contributed by atoms with Crippen molar-refractivity contribution >= 4 is 5.97 Å². The molecule has 0 spiro atoms. The Balaban J connectivity index is 2.22. The second kappa shape index (κ2) is 5.19. The molecule has 1 aliphatic rings. The summed E-state index contributed by atoms with van der Waals surface area (Å²) in [7, 11) is 3.08. The van der Waals surface area contributed by atoms with Gasteiger partial charge < -0.3 is 14.8 Å². The van der Waals surface area contributed by atoms with Crippen molar-refractivity contribution in [2.45, 2.75) is 5.92 Å². The summed E-state index contributed by atoms with van der Waals surface area (Å²) in [5, 5.41) is 3.23. The standard InChI is InChI=1S/C13H17NO3/c1-16-10-5-3-4-9(6-10)11-7-14-8-12(11)13(15)17-2/h3-6,11-12,14H,7-8H2,1-2H3/t11-,12-/m1/s1. The van der Waals surface area contributed by atoms with E-state index in [4.69, 9.17) is 9.47 Å². The number of rotatable bonds is 3. The lowest BCUT2D eigenvalue weighted by Crippen LogP contribution is -2.22. The molecule has 0 aliphatic carbocycles. The van der Waals surface area contributed by atoms with Gasteiger partial charge in [-0.1, -0.05) is 12.1 Å². The zero-order valence-electron chi connectivity index (χ0n) is 10.1. The van der Waals surface area contributed by atoms with Crippen LogP contribution in [0.4, 0.5) is 0 Å². The summed E-state index contributed by atoms with van der Waals surface area (Å²) in [6, 6.07) is 7.85. The monoisotopic (exact) mass is 235 g/mol. The van der Waals surface area contributed by atoms with Gasteiger partial charge in [0.1, 0.15) is 5.75 Å². The topological polar surface area (TPSA) is 47.6 Å². The van der Waals surface area contributed by atoms with E-state index >= 15 is 0 Å². The van der Waals surface area contributed by atoms with Crippen LogP contribution in [0.25, 0.3) is 0 Å². The summed E-state index contributed by atoms with van der Waals surface area (Å²) in [6.45, 7) is 1.47. The third-order valence-corrected chi connectivity index (χ3v) is 3.24. The Morgan fingerprint density at radius 2 is 2.18 bits per heavy atom. The Morgan fingerprint density at radius 1 is 1.35 bits per heavy atom. The van der Waals surface area contributed by atoms with Crippen LogP contribution < -0.4 is 10.1 Å². The molecule has 1 aliphatic heterocycles. The predicted molar refractivity (Wildman–Crippen MR) is 64.1 cm³/mol. The summed E-state index contributed by atoms with van der Waals surface area (Å²) in [5.74, 6) is 0.727. The SMILES string of the molecule is COC(=O)[C@@H]1CNC[C@@H]1c1cccc(OC)c1. The number of benzene rings is 1. The molecule has 0 saturated carbocycles. The highest BCUT2D eigenvalue weighted by Gasteiger charge is 2.34. The molecular formula is C13H17NO3. The smallest absolute Gasteiger partial charge is 0.310 e. The number of hydrogen-bond donors (Lipinski definition) is 1. The van der Waals surface area contributed by atoms with Gasteiger partial charge in [0.2, 0.25) is 0 Å². The van der Waals surface area contributed by atoms with Crippen molar-refractivity contribution in [3.63, 3.8) is 0 Å². The van der Waals surface area contributed by atoms with E-state index in [0.717, 1.165) is 17.9 Å². The molecule has 92 valence electrons. The van der Waals surface area contributed by atoms with Gasteiger partial charge in [0.15, 0.2) is 0 Å². The lowest BCUT2D eigenvalue weighted by atomic mass is 9.89. The maximum atomic E-state index is 11.7. The van der Waals surface area contributed by atoms with Crippen LogP contribution in [-0.2, 0) is 9.53 Å². The fourth-order valence-corrected chi connectivity index (χ4v) is 2.30. The highest BCUT2D eigenvalue weighted by Crippen LogP contribution is 2.30. The third kappa shape index (κ3) is 2.42. The molecule has 1 fully saturated rings. The number of hydrogen-bond acceptors (Lipinski definition) is 4. The number of ether oxygens (including phenoxy) is 2. The fourth-order valence-electron chi connectivity index (χ4n) is 2.30. The van der Waals surface area contributed by atoms with E-state index in [9.17, 15) is 4.79 Å². The first-order valence-corrected chi connectivity index (χ1v) is 5.68. The number of carbonyl (C=O) groups excluding carboxylic acids is 1. The summed E-state index contributed by atoms with van der Waals surface area (Å²) >= 11 is 0. The average Bonchev–Trinajstić information content (AvgIpc) is 2.87. The van der Waals surface area contributed by atoms with Crippen LogP contribution >= 0.6 is 0 Å². The van der Waals surface area contributed by atoms with Gasteiger partial charge in [0.05, 0.1) is 20.1 Å². The molecule has 1 saturated heterocycles. The fraction of sp³-hybridized carbons (Fsp3) is 0.462. The van der Waals surface area contributed by atoms with Gasteiger partial charge in [-0.25, -0.2) is 0 Å². The Labute approximate surface area is 101 Å². The summed E-state index contributed by atoms with van der Waals surface area (Å²) in [4.78, 5) is 11.7. The van der Waals surface area contributed by atoms with E-state index in [1.165, 1.54) is 7.11 Å². The molecule has 0 bridgehead atoms. The highest BCUT2D eigenvalue weighted by atomic mass is 16.5. The lowest BCUT2D eigenvalue weighted by Gasteiger charge is -2.17. The number of carbonyl (C=O) groups is 1. The van der Waals surface area contributed by atoms with Crippen LogP contribution in [0, 0.1) is 5.92 Å². The zero-order chi connectivity index (χ0) is 12.3. The summed E-state index contributed by atoms with van der Waals surface area (Å²) < 4.78 is 10.0. The van der Waals surface area contributed by atoms with Crippen molar-refractivity contribution in [1.82, 2.24) is 5.32 Å². The zero-order valence-corrected chi connectivity index (χ0v) is 10.1. The van der Waals surface area contributed by atoms with Gasteiger partial charge in [0.25, 0.3) is 0 Å². The molecule has 1 aromatic carbocycles. The Kier molecular flexibility index (Phi) is 3.64. The van der Waals surface area contributed by atoms with Crippen molar-refractivity contribution in [3.05, 3.63) is 29.8 Å². The van der Waals surface area contributed by atoms with E-state index in [-0.39, 0.29) is 17.8 Å². The van der Waals surface area contributed by atoms with Crippen molar-refractivity contribution in [3.8, 4) is 5.75 Å². The molecule has 1 aromatic rings. The van der Waals surface area contributed by atoms with E-state index in [1.54, 1.807) is 7.11 Å². The van der Waals surface area contributed by atoms with Crippen molar-refractivity contribution in [1.29, 1.82) is 0 Å². The molecule has 1 N–H and O–H groups in total. The molecule has 2 rings (SSSR count). The molecule has 2 atom stereocenters. The lowest BCUT2D eigenvalue weighted by molar-refractivity contribution is -0.145. The summed E-state index contributed by atoms with van der Waals surface area (Å²) in [5.41, 5.74) is 1.12. The Bertz CT molecular complexity index is 405. The quantitative estimate of drug-likeness (QED) is 0.799. The number of nitrogens with one attached hydrogen (secondary N) is 1. The predicted octanol–water partition coefficient (Wildman–Crippen LogP) is 1.17. The van der Waals surface area contributed by atoms with Crippen LogP contribution in [0.5, 0.6) is 5.75 Å². The van der Waals surface area contributed by atoms with Crippen LogP contribution in [-0.4, -0.2) is 33.3 Å². The maximum absolute atomic E-state index is 11.7. The minimum Gasteiger partial charge on any atom is -0.497 e. The molecule has 4 nitrogen and oxygen atoms in total. The minimum atomic E-state index is -0.150. The molecule has 1 heterocycles. The van der Waals surface area contributed by atoms with Crippen LogP contribution in [0.15, 0.2) is 24.3 Å². The van der Waals surface area contributed by atoms with E-state index < -0.39 is 0 Å². The molecule has 4 heteroatoms. The number of methoxy groups -OCH3 is 2. The third-order valence-electron chi connectivity index (χ3n) is 3.24. The molecule has 17 heavy (non-hydrogen) atoms. The normalized spacial score (nSPS) is 23.4. The van der Waals surface area contributed by atoms with Crippen LogP contribution in [0.2, 0.25) is 0 Å². The van der Waals surface area contributed by atoms with E-state index in [2.05, 4.69) is 5.32 Å². The van der Waals surface area contributed by atoms with E-state index in [0.29, 0.717) is 6.54 Å². The van der Waals surface area contributed by atoms with Gasteiger partial charge in [0, 0.05) is 19.0 Å². The van der Waals surface area contributed by atoms with Gasteiger partial charge in [-0.2, -0.15) is 0 Å². The summed E-state index contributed by atoms with van der Waals surface area (Å²) in [6.07, 6.45) is 0. The van der Waals surface area contributed by atoms with Crippen LogP contribution in [0.1, 0.15) is 11.5 Å². The molecule has 0 aromatic heterocycles. The van der Waals surface area contributed by atoms with Gasteiger partial charge in [-0.15, -0.1) is 0 Å². The van der Waals surface area contributed by atoms with Crippen molar-refractivity contribution in [2.75, 3.05) is 27.3 Å². The average molecular weight is 235 g/mol. The Morgan fingerprint density at radius 3 is 2.88 bits per heavy atom. The van der Waals surface area contributed by atoms with Gasteiger partial charge >= 0.3 is 5.97 Å². The largest absolute Gasteiger partial charge is 0.497 e. The van der Waals surface area contributed by atoms with Gasteiger partial charge in [-0.05, 0) is 17.7 Å². The molecule has 0 amide bonds. The first-order valence-electron chi connectivity index (χ1n) is 5.68.